The van der Waals surface area contributed by atoms with Crippen LogP contribution < -0.4 is 5.56 Å². The molecule has 8 heteroatoms. The summed E-state index contributed by atoms with van der Waals surface area (Å²) in [5.74, 6) is 1.38. The predicted molar refractivity (Wildman–Crippen MR) is 126 cm³/mol. The van der Waals surface area contributed by atoms with E-state index in [0.717, 1.165) is 6.42 Å². The maximum absolute atomic E-state index is 13.2. The van der Waals surface area contributed by atoms with Gasteiger partial charge in [-0.05, 0) is 24.8 Å². The zero-order chi connectivity index (χ0) is 23.6. The van der Waals surface area contributed by atoms with Crippen molar-refractivity contribution in [3.8, 4) is 5.82 Å². The van der Waals surface area contributed by atoms with Gasteiger partial charge < -0.3 is 14.6 Å². The second-order valence-electron chi connectivity index (χ2n) is 10.7. The topological polar surface area (TPSA) is 93.2 Å². The maximum Gasteiger partial charge on any atom is 0.269 e. The highest BCUT2D eigenvalue weighted by Gasteiger charge is 2.49. The summed E-state index contributed by atoms with van der Waals surface area (Å²) < 4.78 is 3.09. The predicted octanol–water partition coefficient (Wildman–Crippen LogP) is 3.03. The number of carbonyl (C=O) groups is 1. The van der Waals surface area contributed by atoms with Gasteiger partial charge in [0, 0.05) is 36.8 Å². The SMILES string of the molecule is CC(CC1CCCCC1)C(=O)N1CCC(O)(Cn2cc(-n3cccn3)ncc2=O)C(C)(C)C1. The maximum atomic E-state index is 13.2. The average molecular weight is 456 g/mol. The Bertz CT molecular complexity index is 1010. The summed E-state index contributed by atoms with van der Waals surface area (Å²) in [4.78, 5) is 31.8. The lowest BCUT2D eigenvalue weighted by atomic mass is 9.69. The molecule has 0 spiro atoms. The van der Waals surface area contributed by atoms with Crippen molar-refractivity contribution in [3.05, 3.63) is 41.2 Å². The van der Waals surface area contributed by atoms with Crippen LogP contribution in [-0.4, -0.2) is 53.9 Å². The molecule has 33 heavy (non-hydrogen) atoms. The molecule has 2 unspecified atom stereocenters. The van der Waals surface area contributed by atoms with Crippen molar-refractivity contribution in [2.75, 3.05) is 13.1 Å². The molecule has 1 amide bonds. The second kappa shape index (κ2) is 9.41. The van der Waals surface area contributed by atoms with E-state index in [0.29, 0.717) is 31.2 Å². The number of nitrogens with zero attached hydrogens (tertiary/aromatic N) is 5. The van der Waals surface area contributed by atoms with E-state index in [1.807, 2.05) is 18.7 Å². The molecular weight excluding hydrogens is 418 g/mol. The van der Waals surface area contributed by atoms with Crippen molar-refractivity contribution in [3.63, 3.8) is 0 Å². The van der Waals surface area contributed by atoms with Crippen LogP contribution in [0.2, 0.25) is 0 Å². The summed E-state index contributed by atoms with van der Waals surface area (Å²) >= 11 is 0. The van der Waals surface area contributed by atoms with Gasteiger partial charge in [-0.15, -0.1) is 0 Å². The van der Waals surface area contributed by atoms with E-state index in [1.165, 1.54) is 42.9 Å². The molecule has 2 aromatic heterocycles. The van der Waals surface area contributed by atoms with Crippen LogP contribution in [-0.2, 0) is 11.3 Å². The van der Waals surface area contributed by atoms with Crippen LogP contribution in [0.5, 0.6) is 0 Å². The van der Waals surface area contributed by atoms with Gasteiger partial charge in [-0.25, -0.2) is 9.67 Å². The van der Waals surface area contributed by atoms with Gasteiger partial charge in [0.15, 0.2) is 5.82 Å². The summed E-state index contributed by atoms with van der Waals surface area (Å²) in [5, 5.41) is 15.8. The van der Waals surface area contributed by atoms with E-state index in [1.54, 1.807) is 29.3 Å². The van der Waals surface area contributed by atoms with Crippen LogP contribution in [0.15, 0.2) is 35.6 Å². The number of carbonyl (C=O) groups excluding carboxylic acids is 1. The lowest BCUT2D eigenvalue weighted by Gasteiger charge is -2.51. The molecular formula is C25H37N5O3. The Kier molecular flexibility index (Phi) is 6.75. The van der Waals surface area contributed by atoms with Crippen molar-refractivity contribution in [1.82, 2.24) is 24.2 Å². The fraction of sp³-hybridized carbons (Fsp3) is 0.680. The highest BCUT2D eigenvalue weighted by atomic mass is 16.3. The monoisotopic (exact) mass is 455 g/mol. The van der Waals surface area contributed by atoms with E-state index in [4.69, 9.17) is 0 Å². The summed E-state index contributed by atoms with van der Waals surface area (Å²) in [6, 6.07) is 1.79. The van der Waals surface area contributed by atoms with E-state index in [2.05, 4.69) is 17.0 Å². The molecule has 3 heterocycles. The van der Waals surface area contributed by atoms with Crippen LogP contribution in [0, 0.1) is 17.3 Å². The number of aliphatic hydroxyl groups is 1. The standard InChI is InChI=1S/C25H37N5O3/c1-19(14-20-8-5-4-6-9-20)23(32)28-13-10-25(33,24(2,3)17-28)18-29-16-21(26-15-22(29)31)30-12-7-11-27-30/h7,11-12,15-16,19-20,33H,4-6,8-10,13-14,17-18H2,1-3H3. The largest absolute Gasteiger partial charge is 0.387 e. The van der Waals surface area contributed by atoms with Crippen molar-refractivity contribution in [2.45, 2.75) is 77.9 Å². The van der Waals surface area contributed by atoms with Gasteiger partial charge in [-0.1, -0.05) is 52.9 Å². The number of hydrogen-bond donors (Lipinski definition) is 1. The second-order valence-corrected chi connectivity index (χ2v) is 10.7. The first-order chi connectivity index (χ1) is 15.7. The molecule has 1 N–H and O–H groups in total. The first kappa shape index (κ1) is 23.7. The van der Waals surface area contributed by atoms with Crippen LogP contribution in [0.4, 0.5) is 0 Å². The Morgan fingerprint density at radius 3 is 2.70 bits per heavy atom. The van der Waals surface area contributed by atoms with Gasteiger partial charge in [0.25, 0.3) is 5.56 Å². The zero-order valence-corrected chi connectivity index (χ0v) is 20.1. The molecule has 8 nitrogen and oxygen atoms in total. The smallest absolute Gasteiger partial charge is 0.269 e. The number of aromatic nitrogens is 4. The van der Waals surface area contributed by atoms with Gasteiger partial charge in [0.05, 0.1) is 24.5 Å². The zero-order valence-electron chi connectivity index (χ0n) is 20.1. The Hall–Kier alpha value is -2.48. The summed E-state index contributed by atoms with van der Waals surface area (Å²) in [7, 11) is 0. The van der Waals surface area contributed by atoms with Crippen LogP contribution in [0.3, 0.4) is 0 Å². The number of amides is 1. The summed E-state index contributed by atoms with van der Waals surface area (Å²) in [6.45, 7) is 7.15. The first-order valence-corrected chi connectivity index (χ1v) is 12.3. The molecule has 4 rings (SSSR count). The number of rotatable bonds is 6. The van der Waals surface area contributed by atoms with Crippen LogP contribution in [0.25, 0.3) is 5.82 Å². The molecule has 1 aliphatic carbocycles. The minimum Gasteiger partial charge on any atom is -0.387 e. The molecule has 1 saturated heterocycles. The average Bonchev–Trinajstić information content (AvgIpc) is 3.32. The van der Waals surface area contributed by atoms with Crippen LogP contribution in [0.1, 0.15) is 65.7 Å². The molecule has 2 aliphatic rings. The number of hydrogen-bond acceptors (Lipinski definition) is 5. The number of piperidine rings is 1. The van der Waals surface area contributed by atoms with Gasteiger partial charge in [-0.2, -0.15) is 5.10 Å². The van der Waals surface area contributed by atoms with Crippen molar-refractivity contribution in [2.24, 2.45) is 17.3 Å². The molecule has 0 radical (unpaired) electrons. The van der Waals surface area contributed by atoms with Gasteiger partial charge in [0.2, 0.25) is 5.91 Å². The van der Waals surface area contributed by atoms with Gasteiger partial charge >= 0.3 is 0 Å². The Labute approximate surface area is 195 Å². The molecule has 2 aromatic rings. The quantitative estimate of drug-likeness (QED) is 0.723. The highest BCUT2D eigenvalue weighted by molar-refractivity contribution is 5.78. The molecule has 2 atom stereocenters. The summed E-state index contributed by atoms with van der Waals surface area (Å²) in [6.07, 6.45) is 14.1. The minimum absolute atomic E-state index is 0.00883. The van der Waals surface area contributed by atoms with Crippen molar-refractivity contribution >= 4 is 5.91 Å². The van der Waals surface area contributed by atoms with Gasteiger partial charge in [0.1, 0.15) is 0 Å². The molecule has 2 fully saturated rings. The Morgan fingerprint density at radius 1 is 1.27 bits per heavy atom. The molecule has 1 aliphatic heterocycles. The molecule has 1 saturated carbocycles. The summed E-state index contributed by atoms with van der Waals surface area (Å²) in [5.41, 5.74) is -1.96. The van der Waals surface area contributed by atoms with E-state index >= 15 is 0 Å². The van der Waals surface area contributed by atoms with Gasteiger partial charge in [-0.3, -0.25) is 9.59 Å². The van der Waals surface area contributed by atoms with Crippen molar-refractivity contribution in [1.29, 1.82) is 0 Å². The number of likely N-dealkylation sites (tertiary alicyclic amines) is 1. The fourth-order valence-electron chi connectivity index (χ4n) is 5.54. The molecule has 0 bridgehead atoms. The third-order valence-corrected chi connectivity index (χ3v) is 7.82. The fourth-order valence-corrected chi connectivity index (χ4v) is 5.54. The Morgan fingerprint density at radius 2 is 2.03 bits per heavy atom. The third-order valence-electron chi connectivity index (χ3n) is 7.82. The van der Waals surface area contributed by atoms with Crippen LogP contribution >= 0.6 is 0 Å². The molecule has 0 aromatic carbocycles. The van der Waals surface area contributed by atoms with Crippen molar-refractivity contribution < 1.29 is 9.90 Å². The van der Waals surface area contributed by atoms with E-state index in [-0.39, 0.29) is 23.9 Å². The Balaban J connectivity index is 1.45. The van der Waals surface area contributed by atoms with E-state index in [9.17, 15) is 14.7 Å². The normalized spacial score (nSPS) is 24.5. The lowest BCUT2D eigenvalue weighted by Crippen LogP contribution is -2.61. The van der Waals surface area contributed by atoms with E-state index < -0.39 is 11.0 Å². The third kappa shape index (κ3) is 5.05. The molecule has 180 valence electrons. The highest BCUT2D eigenvalue weighted by Crippen LogP contribution is 2.40. The lowest BCUT2D eigenvalue weighted by molar-refractivity contribution is -0.157. The first-order valence-electron chi connectivity index (χ1n) is 12.3. The minimum atomic E-state index is -1.12.